The highest BCUT2D eigenvalue weighted by atomic mass is 32.1. The fraction of sp³-hybridized carbons (Fsp3) is 0.333. The summed E-state index contributed by atoms with van der Waals surface area (Å²) < 4.78 is 9.12. The maximum Gasteiger partial charge on any atom is 0.277 e. The molecule has 0 saturated heterocycles. The lowest BCUT2D eigenvalue weighted by Crippen LogP contribution is -2.39. The second-order valence-electron chi connectivity index (χ2n) is 5.11. The largest absolute Gasteiger partial charge is 0.482 e. The number of nitrogens with zero attached hydrogens (tertiary/aromatic N) is 3. The lowest BCUT2D eigenvalue weighted by molar-refractivity contribution is -0.121. The molecule has 1 aromatic heterocycles. The third-order valence-electron chi connectivity index (χ3n) is 3.49. The number of amides is 2. The van der Waals surface area contributed by atoms with Crippen LogP contribution in [0.2, 0.25) is 0 Å². The first-order valence-electron chi connectivity index (χ1n) is 7.34. The van der Waals surface area contributed by atoms with Gasteiger partial charge in [0, 0.05) is 17.6 Å². The molecule has 0 fully saturated rings. The van der Waals surface area contributed by atoms with E-state index in [0.717, 1.165) is 24.4 Å². The fourth-order valence-corrected chi connectivity index (χ4v) is 2.74. The SMILES string of the molecule is CCCCN1C(=O)COc2ccc(NC(=O)c3csnn3)cc21. The number of benzene rings is 1. The zero-order chi connectivity index (χ0) is 16.2. The van der Waals surface area contributed by atoms with E-state index in [9.17, 15) is 9.59 Å². The van der Waals surface area contributed by atoms with Crippen LogP contribution >= 0.6 is 11.5 Å². The Bertz CT molecular complexity index is 718. The molecule has 1 aromatic carbocycles. The molecule has 0 spiro atoms. The Balaban J connectivity index is 1.83. The normalized spacial score (nSPS) is 13.4. The van der Waals surface area contributed by atoms with Crippen LogP contribution in [0.1, 0.15) is 30.3 Å². The molecular weight excluding hydrogens is 316 g/mol. The van der Waals surface area contributed by atoms with E-state index < -0.39 is 0 Å². The number of rotatable bonds is 5. The Labute approximate surface area is 137 Å². The quantitative estimate of drug-likeness (QED) is 0.908. The first-order valence-corrected chi connectivity index (χ1v) is 8.18. The van der Waals surface area contributed by atoms with Crippen LogP contribution < -0.4 is 15.0 Å². The van der Waals surface area contributed by atoms with Gasteiger partial charge in [-0.1, -0.05) is 17.8 Å². The molecule has 2 aromatic rings. The van der Waals surface area contributed by atoms with Crippen molar-refractivity contribution in [3.8, 4) is 5.75 Å². The van der Waals surface area contributed by atoms with Crippen molar-refractivity contribution in [2.24, 2.45) is 0 Å². The molecule has 0 radical (unpaired) electrons. The molecular formula is C15H16N4O3S. The molecule has 0 unspecified atom stereocenters. The van der Waals surface area contributed by atoms with Crippen LogP contribution in [-0.2, 0) is 4.79 Å². The Morgan fingerprint density at radius 2 is 2.35 bits per heavy atom. The summed E-state index contributed by atoms with van der Waals surface area (Å²) in [5.41, 5.74) is 1.54. The number of aromatic nitrogens is 2. The predicted octanol–water partition coefficient (Wildman–Crippen LogP) is 2.32. The maximum atomic E-state index is 12.1. The van der Waals surface area contributed by atoms with Crippen molar-refractivity contribution in [2.45, 2.75) is 19.8 Å². The van der Waals surface area contributed by atoms with Gasteiger partial charge in [-0.2, -0.15) is 0 Å². The van der Waals surface area contributed by atoms with Crippen molar-refractivity contribution in [1.29, 1.82) is 0 Å². The van der Waals surface area contributed by atoms with Gasteiger partial charge < -0.3 is 15.0 Å². The molecule has 0 atom stereocenters. The van der Waals surface area contributed by atoms with Gasteiger partial charge in [-0.25, -0.2) is 0 Å². The minimum atomic E-state index is -0.332. The van der Waals surface area contributed by atoms with Gasteiger partial charge in [-0.3, -0.25) is 9.59 Å². The second-order valence-corrected chi connectivity index (χ2v) is 5.72. The number of ether oxygens (including phenoxy) is 1. The van der Waals surface area contributed by atoms with E-state index in [1.54, 1.807) is 28.5 Å². The zero-order valence-electron chi connectivity index (χ0n) is 12.6. The van der Waals surface area contributed by atoms with Crippen LogP contribution in [0.3, 0.4) is 0 Å². The van der Waals surface area contributed by atoms with Crippen LogP contribution in [0.25, 0.3) is 0 Å². The zero-order valence-corrected chi connectivity index (χ0v) is 13.4. The van der Waals surface area contributed by atoms with Gasteiger partial charge in [-0.05, 0) is 36.2 Å². The van der Waals surface area contributed by atoms with Crippen LogP contribution in [0.4, 0.5) is 11.4 Å². The van der Waals surface area contributed by atoms with Gasteiger partial charge in [0.25, 0.3) is 11.8 Å². The summed E-state index contributed by atoms with van der Waals surface area (Å²) in [5, 5.41) is 8.07. The highest BCUT2D eigenvalue weighted by Gasteiger charge is 2.25. The number of anilines is 2. The standard InChI is InChI=1S/C15H16N4O3S/c1-2-3-6-19-12-7-10(4-5-13(12)22-8-14(19)20)16-15(21)11-9-23-18-17-11/h4-5,7,9H,2-3,6,8H2,1H3,(H,16,21). The monoisotopic (exact) mass is 332 g/mol. The van der Waals surface area contributed by atoms with Crippen molar-refractivity contribution < 1.29 is 14.3 Å². The van der Waals surface area contributed by atoms with Crippen LogP contribution in [0.15, 0.2) is 23.6 Å². The third-order valence-corrected chi connectivity index (χ3v) is 3.99. The van der Waals surface area contributed by atoms with E-state index in [0.29, 0.717) is 23.7 Å². The predicted molar refractivity (Wildman–Crippen MR) is 87.1 cm³/mol. The van der Waals surface area contributed by atoms with E-state index >= 15 is 0 Å². The Hall–Kier alpha value is -2.48. The Morgan fingerprint density at radius 3 is 3.09 bits per heavy atom. The van der Waals surface area contributed by atoms with Crippen molar-refractivity contribution in [1.82, 2.24) is 9.59 Å². The molecule has 1 aliphatic heterocycles. The van der Waals surface area contributed by atoms with Crippen LogP contribution in [-0.4, -0.2) is 34.6 Å². The number of nitrogens with one attached hydrogen (secondary N) is 1. The number of carbonyl (C=O) groups excluding carboxylic acids is 2. The van der Waals surface area contributed by atoms with Gasteiger partial charge in [0.05, 0.1) is 5.69 Å². The summed E-state index contributed by atoms with van der Waals surface area (Å²) in [5.74, 6) is 0.244. The van der Waals surface area contributed by atoms with E-state index in [1.165, 1.54) is 0 Å². The number of hydrogen-bond acceptors (Lipinski definition) is 6. The van der Waals surface area contributed by atoms with E-state index in [2.05, 4.69) is 21.8 Å². The Kier molecular flexibility index (Phi) is 4.52. The molecule has 2 amide bonds. The molecule has 23 heavy (non-hydrogen) atoms. The van der Waals surface area contributed by atoms with E-state index in [-0.39, 0.29) is 24.1 Å². The average molecular weight is 332 g/mol. The van der Waals surface area contributed by atoms with Crippen molar-refractivity contribution >= 4 is 34.7 Å². The summed E-state index contributed by atoms with van der Waals surface area (Å²) in [7, 11) is 0. The topological polar surface area (TPSA) is 84.4 Å². The number of fused-ring (bicyclic) bond motifs is 1. The minimum Gasteiger partial charge on any atom is -0.482 e. The maximum absolute atomic E-state index is 12.1. The summed E-state index contributed by atoms with van der Waals surface area (Å²) in [6, 6.07) is 5.25. The summed E-state index contributed by atoms with van der Waals surface area (Å²) in [6.07, 6.45) is 1.90. The average Bonchev–Trinajstić information content (AvgIpc) is 3.08. The number of hydrogen-bond donors (Lipinski definition) is 1. The molecule has 3 rings (SSSR count). The summed E-state index contributed by atoms with van der Waals surface area (Å²) in [4.78, 5) is 25.8. The molecule has 0 bridgehead atoms. The first-order chi connectivity index (χ1) is 11.2. The molecule has 1 aliphatic rings. The molecule has 0 aliphatic carbocycles. The van der Waals surface area contributed by atoms with Gasteiger partial charge >= 0.3 is 0 Å². The number of unbranched alkanes of at least 4 members (excludes halogenated alkanes) is 1. The van der Waals surface area contributed by atoms with Gasteiger partial charge in [0.1, 0.15) is 5.75 Å². The molecule has 1 N–H and O–H groups in total. The highest BCUT2D eigenvalue weighted by Crippen LogP contribution is 2.34. The number of carbonyl (C=O) groups is 2. The first kappa shape index (κ1) is 15.4. The van der Waals surface area contributed by atoms with E-state index in [4.69, 9.17) is 4.74 Å². The van der Waals surface area contributed by atoms with E-state index in [1.807, 2.05) is 0 Å². The van der Waals surface area contributed by atoms with Gasteiger partial charge in [-0.15, -0.1) is 5.10 Å². The fourth-order valence-electron chi connectivity index (χ4n) is 2.30. The third kappa shape index (κ3) is 3.31. The lowest BCUT2D eigenvalue weighted by atomic mass is 10.2. The smallest absolute Gasteiger partial charge is 0.277 e. The van der Waals surface area contributed by atoms with Gasteiger partial charge in [0.2, 0.25) is 0 Å². The molecule has 7 nitrogen and oxygen atoms in total. The Morgan fingerprint density at radius 1 is 1.48 bits per heavy atom. The molecule has 0 saturated carbocycles. The van der Waals surface area contributed by atoms with Crippen LogP contribution in [0.5, 0.6) is 5.75 Å². The van der Waals surface area contributed by atoms with Crippen LogP contribution in [0, 0.1) is 0 Å². The molecule has 8 heteroatoms. The molecule has 120 valence electrons. The highest BCUT2D eigenvalue weighted by molar-refractivity contribution is 7.03. The van der Waals surface area contributed by atoms with Crippen molar-refractivity contribution in [3.63, 3.8) is 0 Å². The lowest BCUT2D eigenvalue weighted by Gasteiger charge is -2.29. The molecule has 2 heterocycles. The summed E-state index contributed by atoms with van der Waals surface area (Å²) in [6.45, 7) is 2.76. The summed E-state index contributed by atoms with van der Waals surface area (Å²) >= 11 is 1.12. The minimum absolute atomic E-state index is 0.0485. The second kappa shape index (κ2) is 6.74. The van der Waals surface area contributed by atoms with Gasteiger partial charge in [0.15, 0.2) is 12.3 Å². The van der Waals surface area contributed by atoms with Crippen molar-refractivity contribution in [2.75, 3.05) is 23.4 Å². The van der Waals surface area contributed by atoms with Crippen molar-refractivity contribution in [3.05, 3.63) is 29.3 Å².